The third-order valence-corrected chi connectivity index (χ3v) is 3.95. The van der Waals surface area contributed by atoms with Crippen LogP contribution in [0, 0.1) is 13.8 Å². The standard InChI is InChI=1S/C16H17NO3S/c1-11-4-3-5-13(8-11)9-17-14(18)10-20-16(19)15-12(2)6-7-21-15/h3-8H,9-10H2,1-2H3,(H,17,18). The predicted molar refractivity (Wildman–Crippen MR) is 82.4 cm³/mol. The molecule has 0 aliphatic rings. The van der Waals surface area contributed by atoms with Gasteiger partial charge in [-0.2, -0.15) is 0 Å². The maximum atomic E-state index is 11.8. The van der Waals surface area contributed by atoms with Crippen LogP contribution in [-0.4, -0.2) is 18.5 Å². The van der Waals surface area contributed by atoms with Crippen molar-refractivity contribution in [3.05, 3.63) is 57.3 Å². The van der Waals surface area contributed by atoms with Crippen LogP contribution >= 0.6 is 11.3 Å². The largest absolute Gasteiger partial charge is 0.451 e. The van der Waals surface area contributed by atoms with Crippen LogP contribution in [0.2, 0.25) is 0 Å². The Labute approximate surface area is 127 Å². The van der Waals surface area contributed by atoms with Gasteiger partial charge < -0.3 is 10.1 Å². The lowest BCUT2D eigenvalue weighted by atomic mass is 10.1. The van der Waals surface area contributed by atoms with Gasteiger partial charge in [-0.05, 0) is 36.4 Å². The van der Waals surface area contributed by atoms with Crippen molar-refractivity contribution in [3.8, 4) is 0 Å². The van der Waals surface area contributed by atoms with Crippen molar-refractivity contribution in [2.24, 2.45) is 0 Å². The molecule has 1 aromatic heterocycles. The van der Waals surface area contributed by atoms with E-state index in [1.165, 1.54) is 11.3 Å². The summed E-state index contributed by atoms with van der Waals surface area (Å²) in [5, 5.41) is 4.55. The molecule has 110 valence electrons. The molecule has 4 nitrogen and oxygen atoms in total. The average molecular weight is 303 g/mol. The van der Waals surface area contributed by atoms with E-state index < -0.39 is 5.97 Å². The Bertz CT molecular complexity index is 648. The van der Waals surface area contributed by atoms with E-state index in [4.69, 9.17) is 4.74 Å². The predicted octanol–water partition coefficient (Wildman–Crippen LogP) is 2.84. The van der Waals surface area contributed by atoms with Crippen LogP contribution in [0.4, 0.5) is 0 Å². The monoisotopic (exact) mass is 303 g/mol. The smallest absolute Gasteiger partial charge is 0.349 e. The van der Waals surface area contributed by atoms with Crippen molar-refractivity contribution < 1.29 is 14.3 Å². The molecule has 0 aliphatic carbocycles. The molecule has 1 amide bonds. The Kier molecular flexibility index (Phi) is 5.11. The summed E-state index contributed by atoms with van der Waals surface area (Å²) in [5.74, 6) is -0.757. The summed E-state index contributed by atoms with van der Waals surface area (Å²) in [6, 6.07) is 9.72. The van der Waals surface area contributed by atoms with E-state index >= 15 is 0 Å². The highest BCUT2D eigenvalue weighted by atomic mass is 32.1. The summed E-state index contributed by atoms with van der Waals surface area (Å²) in [5.41, 5.74) is 3.02. The molecule has 1 aromatic carbocycles. The fourth-order valence-electron chi connectivity index (χ4n) is 1.85. The molecule has 5 heteroatoms. The average Bonchev–Trinajstić information content (AvgIpc) is 2.89. The summed E-state index contributed by atoms with van der Waals surface area (Å²) in [4.78, 5) is 24.0. The normalized spacial score (nSPS) is 10.2. The molecule has 0 saturated carbocycles. The van der Waals surface area contributed by atoms with Crippen molar-refractivity contribution in [3.63, 3.8) is 0 Å². The molecule has 2 rings (SSSR count). The number of ether oxygens (including phenoxy) is 1. The van der Waals surface area contributed by atoms with Gasteiger partial charge in [0.25, 0.3) is 5.91 Å². The topological polar surface area (TPSA) is 55.4 Å². The van der Waals surface area contributed by atoms with Gasteiger partial charge in [0, 0.05) is 6.54 Å². The number of nitrogens with one attached hydrogen (secondary N) is 1. The van der Waals surface area contributed by atoms with Crippen LogP contribution in [0.5, 0.6) is 0 Å². The molecule has 0 spiro atoms. The van der Waals surface area contributed by atoms with Gasteiger partial charge in [0.1, 0.15) is 4.88 Å². The third kappa shape index (κ3) is 4.43. The molecule has 0 aliphatic heterocycles. The third-order valence-electron chi connectivity index (χ3n) is 2.95. The zero-order chi connectivity index (χ0) is 15.2. The molecule has 0 radical (unpaired) electrons. The maximum absolute atomic E-state index is 11.8. The Balaban J connectivity index is 1.78. The first-order chi connectivity index (χ1) is 10.1. The van der Waals surface area contributed by atoms with E-state index in [1.807, 2.05) is 49.6 Å². The van der Waals surface area contributed by atoms with E-state index in [-0.39, 0.29) is 12.5 Å². The van der Waals surface area contributed by atoms with E-state index in [1.54, 1.807) is 0 Å². The summed E-state index contributed by atoms with van der Waals surface area (Å²) in [6.07, 6.45) is 0. The van der Waals surface area contributed by atoms with Crippen molar-refractivity contribution in [2.75, 3.05) is 6.61 Å². The van der Waals surface area contributed by atoms with Crippen molar-refractivity contribution in [2.45, 2.75) is 20.4 Å². The second-order valence-corrected chi connectivity index (χ2v) is 5.69. The second kappa shape index (κ2) is 7.04. The number of thiophene rings is 1. The molecule has 2 aromatic rings. The number of hydrogen-bond donors (Lipinski definition) is 1. The minimum absolute atomic E-state index is 0.262. The number of benzene rings is 1. The summed E-state index contributed by atoms with van der Waals surface area (Å²) in [7, 11) is 0. The Hall–Kier alpha value is -2.14. The van der Waals surface area contributed by atoms with Gasteiger partial charge in [0.2, 0.25) is 0 Å². The molecule has 0 atom stereocenters. The molecule has 0 bridgehead atoms. The van der Waals surface area contributed by atoms with Crippen LogP contribution in [0.3, 0.4) is 0 Å². The molecule has 0 unspecified atom stereocenters. The second-order valence-electron chi connectivity index (χ2n) is 4.77. The number of amides is 1. The number of hydrogen-bond acceptors (Lipinski definition) is 4. The van der Waals surface area contributed by atoms with Gasteiger partial charge in [0.15, 0.2) is 6.61 Å². The van der Waals surface area contributed by atoms with Crippen molar-refractivity contribution >= 4 is 23.2 Å². The SMILES string of the molecule is Cc1cccc(CNC(=O)COC(=O)c2sccc2C)c1. The highest BCUT2D eigenvalue weighted by Gasteiger charge is 2.13. The maximum Gasteiger partial charge on any atom is 0.349 e. The minimum atomic E-state index is -0.451. The van der Waals surface area contributed by atoms with Gasteiger partial charge in [0.05, 0.1) is 0 Å². The molecular weight excluding hydrogens is 286 g/mol. The number of carbonyl (C=O) groups is 2. The first-order valence-electron chi connectivity index (χ1n) is 6.59. The number of carbonyl (C=O) groups excluding carboxylic acids is 2. The van der Waals surface area contributed by atoms with Crippen molar-refractivity contribution in [1.29, 1.82) is 0 Å². The Morgan fingerprint density at radius 2 is 2.05 bits per heavy atom. The fourth-order valence-corrected chi connectivity index (χ4v) is 2.67. The molecule has 1 N–H and O–H groups in total. The first-order valence-corrected chi connectivity index (χ1v) is 7.47. The fraction of sp³-hybridized carbons (Fsp3) is 0.250. The molecular formula is C16H17NO3S. The lowest BCUT2D eigenvalue weighted by Gasteiger charge is -2.07. The highest BCUT2D eigenvalue weighted by Crippen LogP contribution is 2.16. The molecule has 1 heterocycles. The summed E-state index contributed by atoms with van der Waals surface area (Å²) < 4.78 is 5.00. The lowest BCUT2D eigenvalue weighted by Crippen LogP contribution is -2.28. The first kappa shape index (κ1) is 15.3. The highest BCUT2D eigenvalue weighted by molar-refractivity contribution is 7.12. The summed E-state index contributed by atoms with van der Waals surface area (Å²) in [6.45, 7) is 4.00. The van der Waals surface area contributed by atoms with Gasteiger partial charge in [-0.25, -0.2) is 4.79 Å². The van der Waals surface area contributed by atoms with E-state index in [2.05, 4.69) is 5.32 Å². The number of esters is 1. The quantitative estimate of drug-likeness (QED) is 0.864. The Morgan fingerprint density at radius 3 is 2.71 bits per heavy atom. The molecule has 0 saturated heterocycles. The van der Waals surface area contributed by atoms with Crippen molar-refractivity contribution in [1.82, 2.24) is 5.32 Å². The summed E-state index contributed by atoms with van der Waals surface area (Å²) >= 11 is 1.31. The van der Waals surface area contributed by atoms with E-state index in [0.29, 0.717) is 11.4 Å². The number of rotatable bonds is 5. The zero-order valence-electron chi connectivity index (χ0n) is 12.0. The number of aryl methyl sites for hydroxylation is 2. The van der Waals surface area contributed by atoms with Gasteiger partial charge >= 0.3 is 5.97 Å². The molecule has 21 heavy (non-hydrogen) atoms. The van der Waals surface area contributed by atoms with Crippen LogP contribution in [0.15, 0.2) is 35.7 Å². The zero-order valence-corrected chi connectivity index (χ0v) is 12.8. The minimum Gasteiger partial charge on any atom is -0.451 e. The van der Waals surface area contributed by atoms with E-state index in [9.17, 15) is 9.59 Å². The van der Waals surface area contributed by atoms with Crippen LogP contribution in [0.25, 0.3) is 0 Å². The van der Waals surface area contributed by atoms with Gasteiger partial charge in [-0.15, -0.1) is 11.3 Å². The Morgan fingerprint density at radius 1 is 1.24 bits per heavy atom. The van der Waals surface area contributed by atoms with Crippen LogP contribution in [-0.2, 0) is 16.1 Å². The lowest BCUT2D eigenvalue weighted by molar-refractivity contribution is -0.124. The van der Waals surface area contributed by atoms with E-state index in [0.717, 1.165) is 16.7 Å². The van der Waals surface area contributed by atoms with Crippen LogP contribution < -0.4 is 5.32 Å². The van der Waals surface area contributed by atoms with Crippen LogP contribution in [0.1, 0.15) is 26.4 Å². The molecule has 0 fully saturated rings. The van der Waals surface area contributed by atoms with Gasteiger partial charge in [-0.3, -0.25) is 4.79 Å². The van der Waals surface area contributed by atoms with Gasteiger partial charge in [-0.1, -0.05) is 29.8 Å².